The molecule has 2 aromatic heterocycles. The molecule has 0 radical (unpaired) electrons. The highest BCUT2D eigenvalue weighted by Crippen LogP contribution is 2.40. The number of hydrogen-bond donors (Lipinski definition) is 0. The molecule has 50 heavy (non-hydrogen) atoms. The molecule has 0 atom stereocenters. The van der Waals surface area contributed by atoms with Crippen LogP contribution < -0.4 is 20.2 Å². The van der Waals surface area contributed by atoms with Crippen molar-refractivity contribution in [3.8, 4) is 16.9 Å². The standard InChI is InChI=1S/C45H46N4Si/c1-30(2)36-17-13-18-37(31(3)4)45(36)32-24-25-46-44(26-32)49-40-19-9-8-16-38(40)39-23-22-35(28-43(39)49)50(6,7)34-15-12-14-33(27-34)48-29-47(5)41-20-10-11-21-42(41)48/h8-28,30-31H,29H2,1-7H3/i5D3. The van der Waals surface area contributed by atoms with Gasteiger partial charge in [0.2, 0.25) is 0 Å². The maximum Gasteiger partial charge on any atom is 0.138 e. The number of hydrogen-bond acceptors (Lipinski definition) is 3. The number of rotatable bonds is 7. The van der Waals surface area contributed by atoms with Crippen LogP contribution in [0.4, 0.5) is 17.1 Å². The first-order valence-corrected chi connectivity index (χ1v) is 20.7. The van der Waals surface area contributed by atoms with Crippen molar-refractivity contribution >= 4 is 57.3 Å². The fraction of sp³-hybridized carbons (Fsp3) is 0.222. The number of para-hydroxylation sites is 3. The predicted octanol–water partition coefficient (Wildman–Crippen LogP) is 10.5. The van der Waals surface area contributed by atoms with Crippen LogP contribution in [0.15, 0.2) is 128 Å². The fourth-order valence-electron chi connectivity index (χ4n) is 7.85. The van der Waals surface area contributed by atoms with E-state index in [4.69, 9.17) is 9.10 Å². The molecule has 4 nitrogen and oxygen atoms in total. The summed E-state index contributed by atoms with van der Waals surface area (Å²) in [6.07, 6.45) is 1.96. The molecular formula is C45H46N4Si. The maximum atomic E-state index is 8.19. The molecule has 0 saturated carbocycles. The van der Waals surface area contributed by atoms with Gasteiger partial charge in [-0.3, -0.25) is 4.57 Å². The second-order valence-electron chi connectivity index (χ2n) is 14.8. The van der Waals surface area contributed by atoms with E-state index in [1.807, 2.05) is 30.5 Å². The highest BCUT2D eigenvalue weighted by Gasteiger charge is 2.30. The molecule has 250 valence electrons. The summed E-state index contributed by atoms with van der Waals surface area (Å²) in [7, 11) is -2.26. The summed E-state index contributed by atoms with van der Waals surface area (Å²) in [6, 6.07) is 43.3. The molecule has 0 fully saturated rings. The monoisotopic (exact) mass is 673 g/mol. The predicted molar refractivity (Wildman–Crippen MR) is 217 cm³/mol. The second kappa shape index (κ2) is 12.3. The van der Waals surface area contributed by atoms with Crippen LogP contribution in [0.3, 0.4) is 0 Å². The average molecular weight is 674 g/mol. The largest absolute Gasteiger partial charge is 0.355 e. The molecule has 5 heteroatoms. The zero-order chi connectivity index (χ0) is 37.2. The van der Waals surface area contributed by atoms with Crippen LogP contribution in [0, 0.1) is 0 Å². The van der Waals surface area contributed by atoms with Gasteiger partial charge in [-0.1, -0.05) is 124 Å². The van der Waals surface area contributed by atoms with Gasteiger partial charge in [-0.15, -0.1) is 0 Å². The van der Waals surface area contributed by atoms with E-state index in [1.165, 1.54) is 48.3 Å². The fourth-order valence-corrected chi connectivity index (χ4v) is 10.2. The van der Waals surface area contributed by atoms with Crippen LogP contribution in [0.2, 0.25) is 13.1 Å². The second-order valence-corrected chi connectivity index (χ2v) is 19.2. The van der Waals surface area contributed by atoms with Crippen molar-refractivity contribution < 1.29 is 4.11 Å². The number of nitrogens with zero attached hydrogens (tertiary/aromatic N) is 4. The first kappa shape index (κ1) is 28.7. The van der Waals surface area contributed by atoms with Gasteiger partial charge in [0.05, 0.1) is 29.1 Å². The minimum atomic E-state index is -2.26. The molecule has 0 saturated heterocycles. The number of aromatic nitrogens is 2. The summed E-state index contributed by atoms with van der Waals surface area (Å²) in [5.41, 5.74) is 10.2. The lowest BCUT2D eigenvalue weighted by atomic mass is 9.85. The van der Waals surface area contributed by atoms with E-state index in [2.05, 4.69) is 147 Å². The van der Waals surface area contributed by atoms with Gasteiger partial charge in [-0.05, 0) is 82.6 Å². The van der Waals surface area contributed by atoms with Crippen LogP contribution in [0.5, 0.6) is 0 Å². The summed E-state index contributed by atoms with van der Waals surface area (Å²) in [5.74, 6) is 1.69. The lowest BCUT2D eigenvalue weighted by Crippen LogP contribution is -2.53. The Balaban J connectivity index is 1.25. The lowest BCUT2D eigenvalue weighted by Gasteiger charge is -2.27. The van der Waals surface area contributed by atoms with Crippen LogP contribution in [0.25, 0.3) is 38.8 Å². The molecule has 3 heterocycles. The minimum Gasteiger partial charge on any atom is -0.355 e. The summed E-state index contributed by atoms with van der Waals surface area (Å²) < 4.78 is 26.9. The zero-order valence-electron chi connectivity index (χ0n) is 32.8. The maximum absolute atomic E-state index is 8.19. The van der Waals surface area contributed by atoms with Crippen molar-refractivity contribution in [1.82, 2.24) is 9.55 Å². The van der Waals surface area contributed by atoms with E-state index in [1.54, 1.807) is 0 Å². The highest BCUT2D eigenvalue weighted by atomic mass is 28.3. The van der Waals surface area contributed by atoms with Crippen LogP contribution in [-0.4, -0.2) is 31.3 Å². The Morgan fingerprint density at radius 2 is 1.34 bits per heavy atom. The van der Waals surface area contributed by atoms with Crippen LogP contribution in [-0.2, 0) is 0 Å². The van der Waals surface area contributed by atoms with E-state index in [0.29, 0.717) is 11.8 Å². The van der Waals surface area contributed by atoms with Crippen molar-refractivity contribution in [3.63, 3.8) is 0 Å². The number of pyridine rings is 1. The summed E-state index contributed by atoms with van der Waals surface area (Å²) in [4.78, 5) is 8.66. The summed E-state index contributed by atoms with van der Waals surface area (Å²) in [6.45, 7) is 12.0. The third kappa shape index (κ3) is 5.23. The molecule has 0 amide bonds. The van der Waals surface area contributed by atoms with Crippen molar-refractivity contribution in [3.05, 3.63) is 139 Å². The number of benzene rings is 5. The molecule has 0 N–H and O–H groups in total. The molecule has 0 bridgehead atoms. The lowest BCUT2D eigenvalue weighted by molar-refractivity contribution is 0.838. The van der Waals surface area contributed by atoms with Gasteiger partial charge >= 0.3 is 0 Å². The third-order valence-corrected chi connectivity index (χ3v) is 14.2. The molecule has 1 aliphatic rings. The quantitative estimate of drug-likeness (QED) is 0.157. The molecule has 1 aliphatic heterocycles. The average Bonchev–Trinajstić information content (AvgIpc) is 3.71. The first-order valence-electron chi connectivity index (χ1n) is 19.2. The van der Waals surface area contributed by atoms with Gasteiger partial charge < -0.3 is 9.80 Å². The molecular weight excluding hydrogens is 625 g/mol. The molecule has 5 aromatic carbocycles. The Labute approximate surface area is 301 Å². The highest BCUT2D eigenvalue weighted by molar-refractivity contribution is 7.00. The summed E-state index contributed by atoms with van der Waals surface area (Å²) >= 11 is 0. The van der Waals surface area contributed by atoms with Crippen LogP contribution in [0.1, 0.15) is 54.8 Å². The van der Waals surface area contributed by atoms with Crippen molar-refractivity contribution in [2.45, 2.75) is 52.6 Å². The Kier molecular flexibility index (Phi) is 7.07. The van der Waals surface area contributed by atoms with E-state index >= 15 is 0 Å². The van der Waals surface area contributed by atoms with Gasteiger partial charge in [-0.25, -0.2) is 4.98 Å². The normalized spacial score (nSPS) is 14.4. The zero-order valence-corrected chi connectivity index (χ0v) is 30.8. The molecule has 0 aliphatic carbocycles. The Morgan fingerprint density at radius 1 is 0.660 bits per heavy atom. The molecule has 0 unspecified atom stereocenters. The van der Waals surface area contributed by atoms with E-state index in [-0.39, 0.29) is 6.67 Å². The Hall–Kier alpha value is -5.13. The van der Waals surface area contributed by atoms with Gasteiger partial charge in [0, 0.05) is 33.7 Å². The topological polar surface area (TPSA) is 24.3 Å². The first-order chi connectivity index (χ1) is 25.3. The Morgan fingerprint density at radius 3 is 2.10 bits per heavy atom. The van der Waals surface area contributed by atoms with Crippen LogP contribution >= 0.6 is 0 Å². The molecule has 0 spiro atoms. The SMILES string of the molecule is [2H]C([2H])([2H])N1CN(c2cccc([Si](C)(C)c3ccc4c5ccccc5n(-c5cc(-c6c(C(C)C)cccc6C(C)C)ccn5)c4c3)c2)c2ccccc21. The Bertz CT molecular complexity index is 2470. The van der Waals surface area contributed by atoms with Crippen molar-refractivity contribution in [2.75, 3.05) is 23.4 Å². The number of fused-ring (bicyclic) bond motifs is 4. The van der Waals surface area contributed by atoms with Gasteiger partial charge in [0.1, 0.15) is 13.9 Å². The van der Waals surface area contributed by atoms with Crippen molar-refractivity contribution in [1.29, 1.82) is 0 Å². The van der Waals surface area contributed by atoms with E-state index < -0.39 is 15.0 Å². The minimum absolute atomic E-state index is 0.277. The molecule has 7 aromatic rings. The van der Waals surface area contributed by atoms with Crippen molar-refractivity contribution in [2.24, 2.45) is 0 Å². The third-order valence-electron chi connectivity index (χ3n) is 10.7. The smallest absolute Gasteiger partial charge is 0.138 e. The van der Waals surface area contributed by atoms with Gasteiger partial charge in [0.15, 0.2) is 0 Å². The van der Waals surface area contributed by atoms with E-state index in [0.717, 1.165) is 33.9 Å². The molecule has 8 rings (SSSR count). The van der Waals surface area contributed by atoms with E-state index in [9.17, 15) is 0 Å². The summed E-state index contributed by atoms with van der Waals surface area (Å²) in [5, 5.41) is 5.02. The van der Waals surface area contributed by atoms with Gasteiger partial charge in [0.25, 0.3) is 0 Å². The van der Waals surface area contributed by atoms with Gasteiger partial charge in [-0.2, -0.15) is 0 Å². The number of anilines is 3.